The number of amides is 1. The predicted octanol–water partition coefficient (Wildman–Crippen LogP) is 2.61. The minimum absolute atomic E-state index is 0.0245. The molecule has 30 heavy (non-hydrogen) atoms. The van der Waals surface area contributed by atoms with E-state index in [1.54, 1.807) is 33.5 Å². The number of benzene rings is 2. The maximum Gasteiger partial charge on any atom is 0.254 e. The van der Waals surface area contributed by atoms with Crippen LogP contribution >= 0.6 is 0 Å². The normalized spacial score (nSPS) is 16.0. The molecule has 0 bridgehead atoms. The van der Waals surface area contributed by atoms with Crippen LogP contribution in [0, 0.1) is 0 Å². The van der Waals surface area contributed by atoms with E-state index < -0.39 is 0 Å². The van der Waals surface area contributed by atoms with Gasteiger partial charge >= 0.3 is 0 Å². The summed E-state index contributed by atoms with van der Waals surface area (Å²) in [4.78, 5) is 17.3. The Balaban J connectivity index is 1.40. The summed E-state index contributed by atoms with van der Waals surface area (Å²) in [5, 5.41) is 0. The number of hydrogen-bond acceptors (Lipinski definition) is 6. The third kappa shape index (κ3) is 4.03. The van der Waals surface area contributed by atoms with Gasteiger partial charge in [0.15, 0.2) is 11.5 Å². The summed E-state index contributed by atoms with van der Waals surface area (Å²) < 4.78 is 21.7. The third-order valence-corrected chi connectivity index (χ3v) is 5.73. The van der Waals surface area contributed by atoms with E-state index in [0.717, 1.165) is 38.4 Å². The van der Waals surface area contributed by atoms with Crippen LogP contribution in [0.5, 0.6) is 23.0 Å². The van der Waals surface area contributed by atoms with Gasteiger partial charge in [-0.2, -0.15) is 0 Å². The molecule has 4 rings (SSSR count). The van der Waals surface area contributed by atoms with Crippen molar-refractivity contribution in [3.05, 3.63) is 47.0 Å². The second kappa shape index (κ2) is 8.83. The molecule has 0 unspecified atom stereocenters. The smallest absolute Gasteiger partial charge is 0.254 e. The fourth-order valence-corrected chi connectivity index (χ4v) is 4.09. The van der Waals surface area contributed by atoms with Crippen molar-refractivity contribution in [3.8, 4) is 23.0 Å². The molecular formula is C23H28N2O5. The van der Waals surface area contributed by atoms with Gasteiger partial charge in [0.05, 0.1) is 27.9 Å². The van der Waals surface area contributed by atoms with Gasteiger partial charge in [0.25, 0.3) is 5.91 Å². The Labute approximate surface area is 177 Å². The second-order valence-corrected chi connectivity index (χ2v) is 7.52. The van der Waals surface area contributed by atoms with Crippen LogP contribution in [0.25, 0.3) is 0 Å². The van der Waals surface area contributed by atoms with Crippen molar-refractivity contribution in [2.24, 2.45) is 0 Å². The van der Waals surface area contributed by atoms with E-state index >= 15 is 0 Å². The lowest BCUT2D eigenvalue weighted by atomic mass is 10.1. The summed E-state index contributed by atoms with van der Waals surface area (Å²) in [6, 6.07) is 9.88. The fraction of sp³-hybridized carbons (Fsp3) is 0.435. The molecule has 2 heterocycles. The molecule has 0 aromatic heterocycles. The molecule has 0 spiro atoms. The molecule has 7 heteroatoms. The predicted molar refractivity (Wildman–Crippen MR) is 113 cm³/mol. The highest BCUT2D eigenvalue weighted by atomic mass is 16.5. The molecular weight excluding hydrogens is 384 g/mol. The Morgan fingerprint density at radius 1 is 0.967 bits per heavy atom. The van der Waals surface area contributed by atoms with E-state index in [9.17, 15) is 4.79 Å². The SMILES string of the molecule is COc1cc(C(=O)N2CCN(Cc3ccc4c(c3)CCO4)CC2)cc(OC)c1OC. The Hall–Kier alpha value is -2.93. The summed E-state index contributed by atoms with van der Waals surface area (Å²) in [5.74, 6) is 2.45. The number of piperazine rings is 1. The van der Waals surface area contributed by atoms with Crippen LogP contribution in [0.4, 0.5) is 0 Å². The first kappa shape index (κ1) is 20.3. The summed E-state index contributed by atoms with van der Waals surface area (Å²) in [6.07, 6.45) is 0.986. The molecule has 0 saturated carbocycles. The molecule has 1 saturated heterocycles. The number of rotatable bonds is 6. The Morgan fingerprint density at radius 2 is 1.67 bits per heavy atom. The van der Waals surface area contributed by atoms with Crippen LogP contribution in [-0.2, 0) is 13.0 Å². The molecule has 0 atom stereocenters. The highest BCUT2D eigenvalue weighted by molar-refractivity contribution is 5.95. The van der Waals surface area contributed by atoms with Gasteiger partial charge in [-0.1, -0.05) is 12.1 Å². The zero-order valence-electron chi connectivity index (χ0n) is 17.8. The van der Waals surface area contributed by atoms with Gasteiger partial charge < -0.3 is 23.8 Å². The Bertz CT molecular complexity index is 897. The van der Waals surface area contributed by atoms with Gasteiger partial charge in [0.1, 0.15) is 5.75 Å². The lowest BCUT2D eigenvalue weighted by Gasteiger charge is -2.35. The van der Waals surface area contributed by atoms with E-state index in [4.69, 9.17) is 18.9 Å². The van der Waals surface area contributed by atoms with E-state index in [2.05, 4.69) is 23.1 Å². The van der Waals surface area contributed by atoms with Crippen molar-refractivity contribution >= 4 is 5.91 Å². The average molecular weight is 412 g/mol. The van der Waals surface area contributed by atoms with Crippen molar-refractivity contribution in [1.82, 2.24) is 9.80 Å². The Morgan fingerprint density at radius 3 is 2.30 bits per heavy atom. The fourth-order valence-electron chi connectivity index (χ4n) is 4.09. The van der Waals surface area contributed by atoms with Crippen LogP contribution in [-0.4, -0.2) is 69.8 Å². The lowest BCUT2D eigenvalue weighted by molar-refractivity contribution is 0.0627. The van der Waals surface area contributed by atoms with E-state index in [0.29, 0.717) is 35.9 Å². The van der Waals surface area contributed by atoms with Gasteiger partial charge in [-0.3, -0.25) is 9.69 Å². The van der Waals surface area contributed by atoms with Gasteiger partial charge in [-0.15, -0.1) is 0 Å². The van der Waals surface area contributed by atoms with Crippen LogP contribution in [0.1, 0.15) is 21.5 Å². The van der Waals surface area contributed by atoms with Crippen LogP contribution in [0.3, 0.4) is 0 Å². The van der Waals surface area contributed by atoms with Crippen molar-refractivity contribution < 1.29 is 23.7 Å². The van der Waals surface area contributed by atoms with Crippen molar-refractivity contribution in [2.45, 2.75) is 13.0 Å². The maximum absolute atomic E-state index is 13.1. The number of fused-ring (bicyclic) bond motifs is 1. The average Bonchev–Trinajstić information content (AvgIpc) is 3.26. The summed E-state index contributed by atoms with van der Waals surface area (Å²) in [6.45, 7) is 4.71. The van der Waals surface area contributed by atoms with E-state index in [1.807, 2.05) is 4.90 Å². The van der Waals surface area contributed by atoms with Crippen molar-refractivity contribution in [2.75, 3.05) is 54.1 Å². The molecule has 0 aliphatic carbocycles. The van der Waals surface area contributed by atoms with Gasteiger partial charge in [-0.25, -0.2) is 0 Å². The van der Waals surface area contributed by atoms with Gasteiger partial charge in [-0.05, 0) is 29.3 Å². The topological polar surface area (TPSA) is 60.5 Å². The minimum Gasteiger partial charge on any atom is -0.493 e. The zero-order valence-corrected chi connectivity index (χ0v) is 17.8. The molecule has 7 nitrogen and oxygen atoms in total. The van der Waals surface area contributed by atoms with Gasteiger partial charge in [0, 0.05) is 44.7 Å². The first-order valence-electron chi connectivity index (χ1n) is 10.2. The third-order valence-electron chi connectivity index (χ3n) is 5.73. The van der Waals surface area contributed by atoms with E-state index in [-0.39, 0.29) is 5.91 Å². The molecule has 0 radical (unpaired) electrons. The monoisotopic (exact) mass is 412 g/mol. The number of carbonyl (C=O) groups is 1. The first-order valence-corrected chi connectivity index (χ1v) is 10.2. The lowest BCUT2D eigenvalue weighted by Crippen LogP contribution is -2.48. The van der Waals surface area contributed by atoms with Crippen LogP contribution in [0.2, 0.25) is 0 Å². The van der Waals surface area contributed by atoms with Crippen molar-refractivity contribution in [3.63, 3.8) is 0 Å². The molecule has 0 N–H and O–H groups in total. The summed E-state index contributed by atoms with van der Waals surface area (Å²) in [7, 11) is 4.65. The molecule has 1 amide bonds. The quantitative estimate of drug-likeness (QED) is 0.727. The maximum atomic E-state index is 13.1. The molecule has 160 valence electrons. The van der Waals surface area contributed by atoms with Crippen LogP contribution < -0.4 is 18.9 Å². The Kier molecular flexibility index (Phi) is 5.99. The number of hydrogen-bond donors (Lipinski definition) is 0. The zero-order chi connectivity index (χ0) is 21.1. The largest absolute Gasteiger partial charge is 0.493 e. The standard InChI is InChI=1S/C23H28N2O5/c1-27-20-13-18(14-21(28-2)22(20)29-3)23(26)25-9-7-24(8-10-25)15-16-4-5-19-17(12-16)6-11-30-19/h4-5,12-14H,6-11,15H2,1-3H3. The highest BCUT2D eigenvalue weighted by Gasteiger charge is 2.25. The number of ether oxygens (including phenoxy) is 4. The summed E-state index contributed by atoms with van der Waals surface area (Å²) in [5.41, 5.74) is 3.13. The molecule has 2 aliphatic rings. The number of nitrogens with zero attached hydrogens (tertiary/aromatic N) is 2. The van der Waals surface area contributed by atoms with Gasteiger partial charge in [0.2, 0.25) is 5.75 Å². The molecule has 2 aliphatic heterocycles. The number of carbonyl (C=O) groups excluding carboxylic acids is 1. The molecule has 2 aromatic rings. The second-order valence-electron chi connectivity index (χ2n) is 7.52. The summed E-state index contributed by atoms with van der Waals surface area (Å²) >= 11 is 0. The first-order chi connectivity index (χ1) is 14.6. The van der Waals surface area contributed by atoms with Crippen molar-refractivity contribution in [1.29, 1.82) is 0 Å². The highest BCUT2D eigenvalue weighted by Crippen LogP contribution is 2.38. The number of methoxy groups -OCH3 is 3. The minimum atomic E-state index is -0.0245. The molecule has 2 aromatic carbocycles. The molecule has 1 fully saturated rings. The van der Waals surface area contributed by atoms with Crippen LogP contribution in [0.15, 0.2) is 30.3 Å². The van der Waals surface area contributed by atoms with E-state index in [1.165, 1.54) is 11.1 Å².